The van der Waals surface area contributed by atoms with Gasteiger partial charge in [0.1, 0.15) is 0 Å². The fourth-order valence-electron chi connectivity index (χ4n) is 3.79. The van der Waals surface area contributed by atoms with Gasteiger partial charge in [-0.05, 0) is 44.1 Å². The fourth-order valence-corrected chi connectivity index (χ4v) is 3.79. The average molecular weight is 511 g/mol. The zero-order valence-electron chi connectivity index (χ0n) is 19.6. The van der Waals surface area contributed by atoms with Gasteiger partial charge in [0.15, 0.2) is 5.88 Å². The number of carbonyl (C=O) groups excluding carboxylic acids is 1. The molecule has 0 unspecified atom stereocenters. The van der Waals surface area contributed by atoms with Crippen molar-refractivity contribution >= 4 is 34.4 Å². The number of aromatic amines is 1. The number of aromatic nitrogens is 2. The van der Waals surface area contributed by atoms with Crippen LogP contribution in [-0.2, 0) is 9.59 Å². The number of nitro benzene ring substituents is 1. The third-order valence-electron chi connectivity index (χ3n) is 5.54. The van der Waals surface area contributed by atoms with E-state index in [0.717, 1.165) is 19.6 Å². The molecule has 37 heavy (non-hydrogen) atoms. The summed E-state index contributed by atoms with van der Waals surface area (Å²) in [6.45, 7) is 3.57. The molecule has 0 aliphatic carbocycles. The van der Waals surface area contributed by atoms with Crippen molar-refractivity contribution in [1.82, 2.24) is 20.2 Å². The van der Waals surface area contributed by atoms with Crippen LogP contribution in [0.25, 0.3) is 22.2 Å². The molecule has 2 aromatic heterocycles. The number of fused-ring (bicyclic) bond motifs is 1. The van der Waals surface area contributed by atoms with Crippen molar-refractivity contribution in [2.75, 3.05) is 26.2 Å². The Morgan fingerprint density at radius 1 is 1.11 bits per heavy atom. The molecule has 1 aliphatic heterocycles. The lowest BCUT2D eigenvalue weighted by Crippen LogP contribution is -2.33. The Hall–Kier alpha value is -4.78. The summed E-state index contributed by atoms with van der Waals surface area (Å²) in [4.78, 5) is 51.4. The molecule has 0 spiro atoms. The number of aliphatic carboxylic acids is 2. The number of nitrogens with zero attached hydrogens (tertiary/aromatic N) is 3. The minimum Gasteiger partial charge on any atom is -0.494 e. The molecule has 5 N–H and O–H groups in total. The number of nitro groups is 1. The molecule has 1 amide bonds. The molecule has 1 aromatic carbocycles. The number of benzene rings is 1. The smallest absolute Gasteiger partial charge is 0.328 e. The van der Waals surface area contributed by atoms with Gasteiger partial charge in [-0.25, -0.2) is 9.59 Å². The van der Waals surface area contributed by atoms with E-state index < -0.39 is 16.9 Å². The Kier molecular flexibility index (Phi) is 8.89. The number of carbonyl (C=O) groups is 3. The highest BCUT2D eigenvalue weighted by Gasteiger charge is 2.18. The summed E-state index contributed by atoms with van der Waals surface area (Å²) in [7, 11) is 0. The molecular weight excluding hydrogens is 486 g/mol. The van der Waals surface area contributed by atoms with Gasteiger partial charge in [-0.2, -0.15) is 0 Å². The molecule has 3 heterocycles. The molecule has 13 nitrogen and oxygen atoms in total. The van der Waals surface area contributed by atoms with Crippen molar-refractivity contribution in [3.05, 3.63) is 64.4 Å². The van der Waals surface area contributed by atoms with Gasteiger partial charge in [-0.3, -0.25) is 19.9 Å². The molecule has 3 aromatic rings. The maximum atomic E-state index is 12.3. The second-order valence-electron chi connectivity index (χ2n) is 8.08. The first-order valence-corrected chi connectivity index (χ1v) is 11.3. The van der Waals surface area contributed by atoms with Crippen LogP contribution in [-0.4, -0.2) is 79.1 Å². The van der Waals surface area contributed by atoms with Gasteiger partial charge in [0.25, 0.3) is 11.6 Å². The van der Waals surface area contributed by atoms with Crippen molar-refractivity contribution in [2.24, 2.45) is 0 Å². The van der Waals surface area contributed by atoms with E-state index in [0.29, 0.717) is 46.4 Å². The van der Waals surface area contributed by atoms with Crippen LogP contribution in [0.1, 0.15) is 23.2 Å². The standard InChI is InChI=1S/C20H21N5O4.C4H4O4/c26-19(21-7-10-24-8-1-2-9-24)13-3-5-17(22-12-13)18-15-11-14(25(28)29)4-6-16(15)23-20(18)27;5-3(6)1-2-4(7)8/h3-6,11-12,23,27H,1-2,7-10H2,(H,21,26);1-2H,(H,5,6)(H,7,8). The normalized spacial score (nSPS) is 13.3. The number of pyridine rings is 1. The maximum absolute atomic E-state index is 12.3. The zero-order valence-corrected chi connectivity index (χ0v) is 19.6. The summed E-state index contributed by atoms with van der Waals surface area (Å²) >= 11 is 0. The first-order chi connectivity index (χ1) is 17.7. The van der Waals surface area contributed by atoms with Gasteiger partial charge in [-0.15, -0.1) is 0 Å². The van der Waals surface area contributed by atoms with Gasteiger partial charge in [0.2, 0.25) is 0 Å². The predicted molar refractivity (Wildman–Crippen MR) is 132 cm³/mol. The predicted octanol–water partition coefficient (Wildman–Crippen LogP) is 2.38. The van der Waals surface area contributed by atoms with E-state index in [4.69, 9.17) is 10.2 Å². The topological polar surface area (TPSA) is 199 Å². The first kappa shape index (κ1) is 26.8. The van der Waals surface area contributed by atoms with E-state index >= 15 is 0 Å². The molecule has 0 saturated carbocycles. The number of carboxylic acids is 2. The van der Waals surface area contributed by atoms with Crippen molar-refractivity contribution in [2.45, 2.75) is 12.8 Å². The highest BCUT2D eigenvalue weighted by atomic mass is 16.6. The lowest BCUT2D eigenvalue weighted by molar-refractivity contribution is -0.384. The minimum absolute atomic E-state index is 0.0771. The van der Waals surface area contributed by atoms with Crippen LogP contribution in [0.15, 0.2) is 48.7 Å². The number of carboxylic acid groups (broad SMARTS) is 2. The average Bonchev–Trinajstić information content (AvgIpc) is 3.49. The molecule has 13 heteroatoms. The molecule has 1 saturated heterocycles. The largest absolute Gasteiger partial charge is 0.494 e. The van der Waals surface area contributed by atoms with Gasteiger partial charge in [0.05, 0.1) is 21.7 Å². The van der Waals surface area contributed by atoms with Crippen molar-refractivity contribution < 1.29 is 34.6 Å². The van der Waals surface area contributed by atoms with Gasteiger partial charge < -0.3 is 30.5 Å². The van der Waals surface area contributed by atoms with Crippen LogP contribution >= 0.6 is 0 Å². The summed E-state index contributed by atoms with van der Waals surface area (Å²) in [5, 5.41) is 40.3. The number of rotatable bonds is 8. The second kappa shape index (κ2) is 12.3. The lowest BCUT2D eigenvalue weighted by atomic mass is 10.1. The monoisotopic (exact) mass is 511 g/mol. The lowest BCUT2D eigenvalue weighted by Gasteiger charge is -2.14. The van der Waals surface area contributed by atoms with Gasteiger partial charge in [0, 0.05) is 54.5 Å². The summed E-state index contributed by atoms with van der Waals surface area (Å²) in [6.07, 6.45) is 4.98. The molecule has 1 fully saturated rings. The summed E-state index contributed by atoms with van der Waals surface area (Å²) in [6, 6.07) is 7.55. The van der Waals surface area contributed by atoms with E-state index in [2.05, 4.69) is 20.2 Å². The van der Waals surface area contributed by atoms with Crippen LogP contribution in [0.2, 0.25) is 0 Å². The third-order valence-corrected chi connectivity index (χ3v) is 5.54. The molecular formula is C24H25N5O8. The highest BCUT2D eigenvalue weighted by molar-refractivity contribution is 6.00. The van der Waals surface area contributed by atoms with Crippen molar-refractivity contribution in [3.63, 3.8) is 0 Å². The summed E-state index contributed by atoms with van der Waals surface area (Å²) < 4.78 is 0. The quantitative estimate of drug-likeness (QED) is 0.170. The number of hydrogen-bond donors (Lipinski definition) is 5. The molecule has 0 atom stereocenters. The van der Waals surface area contributed by atoms with Gasteiger partial charge >= 0.3 is 11.9 Å². The number of likely N-dealkylation sites (tertiary alicyclic amines) is 1. The molecule has 0 radical (unpaired) electrons. The van der Waals surface area contributed by atoms with E-state index in [-0.39, 0.29) is 17.5 Å². The SMILES string of the molecule is O=C(NCCN1CCCC1)c1ccc(-c2c(O)[nH]c3ccc([N+](=O)[O-])cc23)nc1.O=C(O)C=CC(=O)O. The number of H-pyrrole nitrogens is 1. The van der Waals surface area contributed by atoms with E-state index in [1.54, 1.807) is 18.2 Å². The van der Waals surface area contributed by atoms with Gasteiger partial charge in [-0.1, -0.05) is 0 Å². The Labute approximate surface area is 210 Å². The Bertz CT molecular complexity index is 1310. The minimum atomic E-state index is -1.26. The Morgan fingerprint density at radius 2 is 1.78 bits per heavy atom. The number of non-ortho nitro benzene ring substituents is 1. The van der Waals surface area contributed by atoms with Crippen LogP contribution in [0.3, 0.4) is 0 Å². The third kappa shape index (κ3) is 7.35. The molecule has 0 bridgehead atoms. The number of nitrogens with one attached hydrogen (secondary N) is 2. The number of amides is 1. The fraction of sp³-hybridized carbons (Fsp3) is 0.250. The zero-order chi connectivity index (χ0) is 26.9. The van der Waals surface area contributed by atoms with Crippen LogP contribution in [0, 0.1) is 10.1 Å². The molecule has 1 aliphatic rings. The van der Waals surface area contributed by atoms with E-state index in [9.17, 15) is 29.6 Å². The van der Waals surface area contributed by atoms with Crippen molar-refractivity contribution in [3.8, 4) is 17.1 Å². The van der Waals surface area contributed by atoms with E-state index in [1.807, 2.05) is 0 Å². The molecule has 194 valence electrons. The van der Waals surface area contributed by atoms with Crippen LogP contribution < -0.4 is 5.32 Å². The number of aromatic hydroxyl groups is 1. The van der Waals surface area contributed by atoms with Crippen molar-refractivity contribution in [1.29, 1.82) is 0 Å². The van der Waals surface area contributed by atoms with Crippen LogP contribution in [0.5, 0.6) is 5.88 Å². The Balaban J connectivity index is 0.000000414. The van der Waals surface area contributed by atoms with E-state index in [1.165, 1.54) is 31.2 Å². The number of hydrogen-bond acceptors (Lipinski definition) is 8. The highest BCUT2D eigenvalue weighted by Crippen LogP contribution is 2.37. The molecule has 4 rings (SSSR count). The summed E-state index contributed by atoms with van der Waals surface area (Å²) in [5.41, 5.74) is 1.69. The Morgan fingerprint density at radius 3 is 2.35 bits per heavy atom. The van der Waals surface area contributed by atoms with Crippen LogP contribution in [0.4, 0.5) is 5.69 Å². The second-order valence-corrected chi connectivity index (χ2v) is 8.08. The maximum Gasteiger partial charge on any atom is 0.328 e. The first-order valence-electron chi connectivity index (χ1n) is 11.3. The summed E-state index contributed by atoms with van der Waals surface area (Å²) in [5.74, 6) is -2.85.